The second-order valence-corrected chi connectivity index (χ2v) is 6.26. The van der Waals surface area contributed by atoms with E-state index in [9.17, 15) is 23.2 Å². The van der Waals surface area contributed by atoms with E-state index in [2.05, 4.69) is 16.1 Å². The van der Waals surface area contributed by atoms with E-state index in [1.165, 1.54) is 12.1 Å². The van der Waals surface area contributed by atoms with Crippen LogP contribution in [0.4, 0.5) is 13.2 Å². The third kappa shape index (κ3) is 4.14. The minimum absolute atomic E-state index is 0.0986. The van der Waals surface area contributed by atoms with E-state index in [0.717, 1.165) is 17.7 Å². The molecular formula is C19H15F3N2O3. The van der Waals surface area contributed by atoms with Crippen molar-refractivity contribution in [3.63, 3.8) is 0 Å². The van der Waals surface area contributed by atoms with E-state index in [-0.39, 0.29) is 5.56 Å². The molecule has 0 saturated heterocycles. The Hall–Kier alpha value is -3.21. The number of benzene rings is 2. The Morgan fingerprint density at radius 2 is 1.89 bits per heavy atom. The summed E-state index contributed by atoms with van der Waals surface area (Å²) in [5.74, 6) is -0.374. The normalized spacial score (nSPS) is 17.8. The van der Waals surface area contributed by atoms with Crippen LogP contribution in [-0.2, 0) is 6.42 Å². The molecule has 140 valence electrons. The minimum Gasteiger partial charge on any atom is -0.486 e. The predicted molar refractivity (Wildman–Crippen MR) is 89.2 cm³/mol. The lowest BCUT2D eigenvalue weighted by Gasteiger charge is -2.29. The number of nitrogens with zero attached hydrogens (tertiary/aromatic N) is 1. The van der Waals surface area contributed by atoms with Gasteiger partial charge in [0.25, 0.3) is 5.91 Å². The van der Waals surface area contributed by atoms with E-state index in [1.807, 2.05) is 18.2 Å². The molecule has 0 radical (unpaired) electrons. The number of ether oxygens (including phenoxy) is 2. The van der Waals surface area contributed by atoms with Gasteiger partial charge < -0.3 is 14.8 Å². The molecule has 1 N–H and O–H groups in total. The van der Waals surface area contributed by atoms with Crippen LogP contribution in [0.25, 0.3) is 0 Å². The number of para-hydroxylation sites is 1. The maximum absolute atomic E-state index is 12.5. The molecule has 0 bridgehead atoms. The Kier molecular flexibility index (Phi) is 4.70. The molecule has 2 aromatic carbocycles. The SMILES string of the molecule is CC(C#N)(NC(=O)c1ccc(OC(F)(F)F)cc1)C1Cc2ccccc2O1. The molecule has 27 heavy (non-hydrogen) atoms. The molecule has 2 atom stereocenters. The topological polar surface area (TPSA) is 71.4 Å². The standard InChI is InChI=1S/C19H15F3N2O3/c1-18(11-23,16-10-13-4-2-3-5-15(13)26-16)24-17(25)12-6-8-14(9-7-12)27-19(20,21)22/h2-9,16H,10H2,1H3,(H,24,25). The Balaban J connectivity index is 1.71. The summed E-state index contributed by atoms with van der Waals surface area (Å²) in [7, 11) is 0. The van der Waals surface area contributed by atoms with Crippen molar-refractivity contribution in [2.45, 2.75) is 31.3 Å². The average Bonchev–Trinajstić information content (AvgIpc) is 3.05. The third-order valence-electron chi connectivity index (χ3n) is 4.25. The van der Waals surface area contributed by atoms with Crippen molar-refractivity contribution >= 4 is 5.91 Å². The number of carbonyl (C=O) groups excluding carboxylic acids is 1. The summed E-state index contributed by atoms with van der Waals surface area (Å²) in [5.41, 5.74) is -0.287. The first kappa shape index (κ1) is 18.6. The number of hydrogen-bond acceptors (Lipinski definition) is 4. The van der Waals surface area contributed by atoms with Gasteiger partial charge in [0, 0.05) is 12.0 Å². The van der Waals surface area contributed by atoms with Crippen LogP contribution in [0, 0.1) is 11.3 Å². The van der Waals surface area contributed by atoms with Crippen LogP contribution >= 0.6 is 0 Å². The largest absolute Gasteiger partial charge is 0.573 e. The second-order valence-electron chi connectivity index (χ2n) is 6.26. The van der Waals surface area contributed by atoms with Crippen LogP contribution in [0.3, 0.4) is 0 Å². The lowest BCUT2D eigenvalue weighted by molar-refractivity contribution is -0.274. The fourth-order valence-corrected chi connectivity index (χ4v) is 2.80. The molecule has 5 nitrogen and oxygen atoms in total. The maximum Gasteiger partial charge on any atom is 0.573 e. The van der Waals surface area contributed by atoms with Crippen molar-refractivity contribution in [2.24, 2.45) is 0 Å². The molecule has 0 fully saturated rings. The lowest BCUT2D eigenvalue weighted by atomic mass is 9.92. The number of amides is 1. The molecule has 3 rings (SSSR count). The highest BCUT2D eigenvalue weighted by Crippen LogP contribution is 2.33. The number of halogens is 3. The van der Waals surface area contributed by atoms with Crippen LogP contribution in [0.2, 0.25) is 0 Å². The monoisotopic (exact) mass is 376 g/mol. The smallest absolute Gasteiger partial charge is 0.486 e. The van der Waals surface area contributed by atoms with Crippen molar-refractivity contribution in [3.8, 4) is 17.6 Å². The average molecular weight is 376 g/mol. The molecule has 0 aliphatic carbocycles. The highest BCUT2D eigenvalue weighted by Gasteiger charge is 2.42. The van der Waals surface area contributed by atoms with E-state index in [0.29, 0.717) is 12.2 Å². The van der Waals surface area contributed by atoms with Gasteiger partial charge >= 0.3 is 6.36 Å². The Morgan fingerprint density at radius 3 is 2.48 bits per heavy atom. The summed E-state index contributed by atoms with van der Waals surface area (Å²) in [5, 5.41) is 12.2. The fraction of sp³-hybridized carbons (Fsp3) is 0.263. The zero-order chi connectivity index (χ0) is 19.7. The summed E-state index contributed by atoms with van der Waals surface area (Å²) in [6.07, 6.45) is -4.94. The molecule has 1 aliphatic rings. The van der Waals surface area contributed by atoms with Crippen molar-refractivity contribution in [1.82, 2.24) is 5.32 Å². The molecule has 8 heteroatoms. The van der Waals surface area contributed by atoms with Gasteiger partial charge in [-0.25, -0.2) is 0 Å². The van der Waals surface area contributed by atoms with Gasteiger partial charge in [-0.1, -0.05) is 18.2 Å². The van der Waals surface area contributed by atoms with E-state index >= 15 is 0 Å². The highest BCUT2D eigenvalue weighted by atomic mass is 19.4. The summed E-state index contributed by atoms with van der Waals surface area (Å²) in [6.45, 7) is 1.54. The molecule has 0 spiro atoms. The second kappa shape index (κ2) is 6.83. The first-order chi connectivity index (χ1) is 12.7. The Bertz CT molecular complexity index is 865. The van der Waals surface area contributed by atoms with E-state index < -0.39 is 29.7 Å². The third-order valence-corrected chi connectivity index (χ3v) is 4.25. The summed E-state index contributed by atoms with van der Waals surface area (Å²) in [4.78, 5) is 12.5. The zero-order valence-electron chi connectivity index (χ0n) is 14.2. The van der Waals surface area contributed by atoms with Crippen LogP contribution in [0.5, 0.6) is 11.5 Å². The molecular weight excluding hydrogens is 361 g/mol. The zero-order valence-corrected chi connectivity index (χ0v) is 14.2. The number of carbonyl (C=O) groups is 1. The maximum atomic E-state index is 12.5. The van der Waals surface area contributed by atoms with Crippen LogP contribution in [0.1, 0.15) is 22.8 Å². The van der Waals surface area contributed by atoms with E-state index in [4.69, 9.17) is 4.74 Å². The van der Waals surface area contributed by atoms with Gasteiger partial charge in [0.15, 0.2) is 5.54 Å². The van der Waals surface area contributed by atoms with Crippen molar-refractivity contribution < 1.29 is 27.4 Å². The lowest BCUT2D eigenvalue weighted by Crippen LogP contribution is -2.55. The van der Waals surface area contributed by atoms with Crippen LogP contribution < -0.4 is 14.8 Å². The number of nitrogens with one attached hydrogen (secondary N) is 1. The highest BCUT2D eigenvalue weighted by molar-refractivity contribution is 5.95. The van der Waals surface area contributed by atoms with Gasteiger partial charge in [0.2, 0.25) is 0 Å². The number of hydrogen-bond donors (Lipinski definition) is 1. The molecule has 1 aliphatic heterocycles. The van der Waals surface area contributed by atoms with Gasteiger partial charge in [0.1, 0.15) is 17.6 Å². The number of nitriles is 1. The Labute approximate surface area is 153 Å². The first-order valence-corrected chi connectivity index (χ1v) is 8.04. The minimum atomic E-state index is -4.81. The molecule has 2 aromatic rings. The van der Waals surface area contributed by atoms with Gasteiger partial charge in [0.05, 0.1) is 6.07 Å². The van der Waals surface area contributed by atoms with Crippen LogP contribution in [-0.4, -0.2) is 23.9 Å². The molecule has 0 saturated carbocycles. The fourth-order valence-electron chi connectivity index (χ4n) is 2.80. The molecule has 0 aromatic heterocycles. The summed E-state index contributed by atoms with van der Waals surface area (Å²) >= 11 is 0. The number of alkyl halides is 3. The number of rotatable bonds is 4. The first-order valence-electron chi connectivity index (χ1n) is 8.04. The van der Waals surface area contributed by atoms with Crippen molar-refractivity contribution in [1.29, 1.82) is 5.26 Å². The molecule has 2 unspecified atom stereocenters. The van der Waals surface area contributed by atoms with Crippen LogP contribution in [0.15, 0.2) is 48.5 Å². The van der Waals surface area contributed by atoms with E-state index in [1.54, 1.807) is 13.0 Å². The van der Waals surface area contributed by atoms with Gasteiger partial charge in [-0.2, -0.15) is 5.26 Å². The van der Waals surface area contributed by atoms with Crippen molar-refractivity contribution in [2.75, 3.05) is 0 Å². The summed E-state index contributed by atoms with van der Waals surface area (Å²) < 4.78 is 46.2. The van der Waals surface area contributed by atoms with Gasteiger partial charge in [-0.3, -0.25) is 4.79 Å². The molecule has 1 amide bonds. The van der Waals surface area contributed by atoms with Gasteiger partial charge in [-0.05, 0) is 42.8 Å². The number of fused-ring (bicyclic) bond motifs is 1. The molecule has 1 heterocycles. The summed E-state index contributed by atoms with van der Waals surface area (Å²) in [6, 6.07) is 13.9. The quantitative estimate of drug-likeness (QED) is 0.885. The Morgan fingerprint density at radius 1 is 1.22 bits per heavy atom. The predicted octanol–water partition coefficient (Wildman–Crippen LogP) is 3.60. The van der Waals surface area contributed by atoms with Crippen molar-refractivity contribution in [3.05, 3.63) is 59.7 Å². The van der Waals surface area contributed by atoms with Gasteiger partial charge in [-0.15, -0.1) is 13.2 Å².